The molecule has 0 amide bonds. The van der Waals surface area contributed by atoms with E-state index in [1.165, 1.54) is 0 Å². The number of fused-ring (bicyclic) bond motifs is 2. The van der Waals surface area contributed by atoms with Crippen molar-refractivity contribution in [3.8, 4) is 39.4 Å². The molecule has 0 unspecified atom stereocenters. The number of aryl methyl sites for hydroxylation is 2. The summed E-state index contributed by atoms with van der Waals surface area (Å²) >= 11 is 0. The maximum atomic E-state index is 5.76. The molecule has 0 spiro atoms. The van der Waals surface area contributed by atoms with Gasteiger partial charge >= 0.3 is 0 Å². The van der Waals surface area contributed by atoms with Gasteiger partial charge in [0.15, 0.2) is 0 Å². The largest absolute Gasteiger partial charge is 0.496 e. The molecule has 0 saturated carbocycles. The first-order valence-corrected chi connectivity index (χ1v) is 11.0. The highest BCUT2D eigenvalue weighted by Crippen LogP contribution is 2.39. The van der Waals surface area contributed by atoms with Crippen molar-refractivity contribution in [2.45, 2.75) is 0 Å². The van der Waals surface area contributed by atoms with E-state index in [2.05, 4.69) is 40.3 Å². The first-order valence-electron chi connectivity index (χ1n) is 11.0. The normalized spacial score (nSPS) is 11.4. The Bertz CT molecular complexity index is 1670. The lowest BCUT2D eigenvalue weighted by molar-refractivity contribution is 0.417. The van der Waals surface area contributed by atoms with E-state index in [0.29, 0.717) is 0 Å². The molecule has 4 heterocycles. The van der Waals surface area contributed by atoms with Gasteiger partial charge in [-0.1, -0.05) is 30.3 Å². The number of pyridine rings is 1. The van der Waals surface area contributed by atoms with E-state index in [-0.39, 0.29) is 0 Å². The third-order valence-corrected chi connectivity index (χ3v) is 6.11. The Labute approximate surface area is 196 Å². The number of rotatable bonds is 4. The number of methoxy groups -OCH3 is 1. The third-order valence-electron chi connectivity index (χ3n) is 6.11. The van der Waals surface area contributed by atoms with Gasteiger partial charge < -0.3 is 9.30 Å². The van der Waals surface area contributed by atoms with Crippen LogP contribution in [0, 0.1) is 0 Å². The average molecular weight is 447 g/mol. The smallest absolute Gasteiger partial charge is 0.139 e. The maximum Gasteiger partial charge on any atom is 0.139 e. The van der Waals surface area contributed by atoms with Crippen molar-refractivity contribution in [1.82, 2.24) is 29.3 Å². The summed E-state index contributed by atoms with van der Waals surface area (Å²) in [4.78, 5) is 13.9. The van der Waals surface area contributed by atoms with Gasteiger partial charge in [0.1, 0.15) is 23.4 Å². The van der Waals surface area contributed by atoms with Crippen LogP contribution in [0.1, 0.15) is 0 Å². The summed E-state index contributed by atoms with van der Waals surface area (Å²) in [6, 6.07) is 18.4. The zero-order chi connectivity index (χ0) is 23.2. The van der Waals surface area contributed by atoms with Crippen LogP contribution < -0.4 is 4.74 Å². The van der Waals surface area contributed by atoms with E-state index in [9.17, 15) is 0 Å². The van der Waals surface area contributed by atoms with Crippen molar-refractivity contribution < 1.29 is 4.74 Å². The van der Waals surface area contributed by atoms with Crippen LogP contribution in [-0.2, 0) is 14.1 Å². The second-order valence-corrected chi connectivity index (χ2v) is 8.29. The molecule has 0 aliphatic heterocycles. The quantitative estimate of drug-likeness (QED) is 0.369. The third kappa shape index (κ3) is 3.21. The van der Waals surface area contributed by atoms with Gasteiger partial charge in [-0.3, -0.25) is 4.68 Å². The second kappa shape index (κ2) is 7.81. The summed E-state index contributed by atoms with van der Waals surface area (Å²) < 4.78 is 9.59. The van der Waals surface area contributed by atoms with Gasteiger partial charge in [-0.25, -0.2) is 15.0 Å². The summed E-state index contributed by atoms with van der Waals surface area (Å²) in [7, 11) is 5.60. The van der Waals surface area contributed by atoms with Crippen LogP contribution in [0.2, 0.25) is 0 Å². The molecular formula is C27H22N6O. The lowest BCUT2D eigenvalue weighted by atomic mass is 9.98. The van der Waals surface area contributed by atoms with Gasteiger partial charge in [-0.05, 0) is 18.2 Å². The number of ether oxygens (including phenoxy) is 1. The molecule has 7 nitrogen and oxygen atoms in total. The monoisotopic (exact) mass is 446 g/mol. The maximum absolute atomic E-state index is 5.76. The minimum atomic E-state index is 0.740. The number of benzene rings is 2. The Morgan fingerprint density at radius 2 is 1.68 bits per heavy atom. The van der Waals surface area contributed by atoms with E-state index in [1.807, 2.05) is 66.2 Å². The van der Waals surface area contributed by atoms with Crippen LogP contribution in [0.3, 0.4) is 0 Å². The molecule has 166 valence electrons. The van der Waals surface area contributed by atoms with Crippen LogP contribution in [0.15, 0.2) is 79.5 Å². The van der Waals surface area contributed by atoms with Gasteiger partial charge in [-0.2, -0.15) is 5.10 Å². The number of nitrogens with zero attached hydrogens (tertiary/aromatic N) is 6. The minimum Gasteiger partial charge on any atom is -0.496 e. The fourth-order valence-corrected chi connectivity index (χ4v) is 4.47. The fourth-order valence-electron chi connectivity index (χ4n) is 4.47. The molecule has 4 aromatic heterocycles. The van der Waals surface area contributed by atoms with Crippen molar-refractivity contribution in [2.75, 3.05) is 7.11 Å². The molecule has 6 aromatic rings. The summed E-state index contributed by atoms with van der Waals surface area (Å²) in [5.74, 6) is 0.740. The topological polar surface area (TPSA) is 70.7 Å². The first kappa shape index (κ1) is 20.1. The average Bonchev–Trinajstić information content (AvgIpc) is 3.45. The van der Waals surface area contributed by atoms with Crippen molar-refractivity contribution in [3.63, 3.8) is 0 Å². The number of hydrogen-bond acceptors (Lipinski definition) is 5. The van der Waals surface area contributed by atoms with Crippen LogP contribution >= 0.6 is 0 Å². The van der Waals surface area contributed by atoms with Gasteiger partial charge in [0.25, 0.3) is 0 Å². The van der Waals surface area contributed by atoms with Gasteiger partial charge in [0.2, 0.25) is 0 Å². The standard InChI is InChI=1S/C27H22N6O/c1-32-10-9-18-11-19(14-28-27(18)32)20-12-21-23(13-24(20)34-3)29-16-30-26(21)22-15-33(2)31-25(22)17-7-5-4-6-8-17/h4-16H,1-3H3. The molecular weight excluding hydrogens is 424 g/mol. The highest BCUT2D eigenvalue weighted by molar-refractivity contribution is 5.99. The van der Waals surface area contributed by atoms with Crippen LogP contribution in [-0.4, -0.2) is 36.4 Å². The molecule has 6 rings (SSSR count). The first-order chi connectivity index (χ1) is 16.6. The van der Waals surface area contributed by atoms with E-state index in [1.54, 1.807) is 13.4 Å². The molecule has 0 saturated heterocycles. The molecule has 0 aliphatic carbocycles. The molecule has 0 bridgehead atoms. The Morgan fingerprint density at radius 3 is 2.50 bits per heavy atom. The molecule has 0 fully saturated rings. The van der Waals surface area contributed by atoms with Crippen molar-refractivity contribution in [3.05, 3.63) is 79.5 Å². The van der Waals surface area contributed by atoms with E-state index in [4.69, 9.17) is 14.8 Å². The van der Waals surface area contributed by atoms with Crippen molar-refractivity contribution in [2.24, 2.45) is 14.1 Å². The lowest BCUT2D eigenvalue weighted by Crippen LogP contribution is -1.95. The number of aromatic nitrogens is 6. The van der Waals surface area contributed by atoms with E-state index < -0.39 is 0 Å². The molecule has 0 atom stereocenters. The second-order valence-electron chi connectivity index (χ2n) is 8.29. The van der Waals surface area contributed by atoms with E-state index in [0.717, 1.165) is 61.3 Å². The van der Waals surface area contributed by atoms with E-state index >= 15 is 0 Å². The summed E-state index contributed by atoms with van der Waals surface area (Å²) in [5.41, 5.74) is 7.36. The zero-order valence-corrected chi connectivity index (χ0v) is 19.1. The summed E-state index contributed by atoms with van der Waals surface area (Å²) in [6.45, 7) is 0. The zero-order valence-electron chi connectivity index (χ0n) is 19.1. The fraction of sp³-hybridized carbons (Fsp3) is 0.111. The Hall–Kier alpha value is -4.52. The number of hydrogen-bond donors (Lipinski definition) is 0. The van der Waals surface area contributed by atoms with Crippen LogP contribution in [0.4, 0.5) is 0 Å². The summed E-state index contributed by atoms with van der Waals surface area (Å²) in [5, 5.41) is 6.74. The highest BCUT2D eigenvalue weighted by atomic mass is 16.5. The Morgan fingerprint density at radius 1 is 0.824 bits per heavy atom. The Balaban J connectivity index is 1.59. The molecule has 0 N–H and O–H groups in total. The van der Waals surface area contributed by atoms with Gasteiger partial charge in [-0.15, -0.1) is 0 Å². The van der Waals surface area contributed by atoms with Crippen LogP contribution in [0.25, 0.3) is 55.6 Å². The SMILES string of the molecule is COc1cc2ncnc(-c3cn(C)nc3-c3ccccc3)c2cc1-c1cnc2c(ccn2C)c1. The Kier molecular flexibility index (Phi) is 4.62. The highest BCUT2D eigenvalue weighted by Gasteiger charge is 2.19. The van der Waals surface area contributed by atoms with Gasteiger partial charge in [0.05, 0.1) is 18.3 Å². The molecule has 0 aliphatic rings. The molecule has 34 heavy (non-hydrogen) atoms. The summed E-state index contributed by atoms with van der Waals surface area (Å²) in [6.07, 6.45) is 7.50. The van der Waals surface area contributed by atoms with Crippen molar-refractivity contribution in [1.29, 1.82) is 0 Å². The van der Waals surface area contributed by atoms with Crippen molar-refractivity contribution >= 4 is 21.9 Å². The van der Waals surface area contributed by atoms with Gasteiger partial charge in [0, 0.05) is 71.8 Å². The van der Waals surface area contributed by atoms with Crippen LogP contribution in [0.5, 0.6) is 5.75 Å². The predicted molar refractivity (Wildman–Crippen MR) is 133 cm³/mol. The molecule has 2 aromatic carbocycles. The predicted octanol–water partition coefficient (Wildman–Crippen LogP) is 5.26. The minimum absolute atomic E-state index is 0.740. The molecule has 7 heteroatoms. The molecule has 0 radical (unpaired) electrons. The lowest BCUT2D eigenvalue weighted by Gasteiger charge is -2.12.